The molecule has 3 rings (SSSR count). The van der Waals surface area contributed by atoms with Gasteiger partial charge in [-0.2, -0.15) is 13.2 Å². The highest BCUT2D eigenvalue weighted by molar-refractivity contribution is 5.49. The van der Waals surface area contributed by atoms with Crippen molar-refractivity contribution >= 4 is 0 Å². The van der Waals surface area contributed by atoms with Crippen molar-refractivity contribution in [1.29, 1.82) is 0 Å². The molecule has 0 saturated carbocycles. The fraction of sp³-hybridized carbons (Fsp3) is 0.500. The Labute approximate surface area is 181 Å². The first-order valence-electron chi connectivity index (χ1n) is 10.3. The lowest BCUT2D eigenvalue weighted by Crippen LogP contribution is -2.30. The summed E-state index contributed by atoms with van der Waals surface area (Å²) in [6.45, 7) is 13.5. The number of benzene rings is 2. The van der Waals surface area contributed by atoms with Crippen LogP contribution in [-0.4, -0.2) is 11.3 Å². The summed E-state index contributed by atoms with van der Waals surface area (Å²) in [6.07, 6.45) is -4.51. The van der Waals surface area contributed by atoms with Crippen molar-refractivity contribution in [2.75, 3.05) is 0 Å². The molecular formula is C24H30F3N3O. The average molecular weight is 434 g/mol. The van der Waals surface area contributed by atoms with Crippen molar-refractivity contribution in [3.63, 3.8) is 0 Å². The third-order valence-electron chi connectivity index (χ3n) is 5.50. The Morgan fingerprint density at radius 3 is 1.65 bits per heavy atom. The number of hydrogen-bond donors (Lipinski definition) is 2. The highest BCUT2D eigenvalue weighted by atomic mass is 19.4. The summed E-state index contributed by atoms with van der Waals surface area (Å²) in [5.41, 5.74) is 0.964. The Morgan fingerprint density at radius 1 is 0.806 bits per heavy atom. The minimum Gasteiger partial charge on any atom is -0.507 e. The zero-order valence-corrected chi connectivity index (χ0v) is 18.9. The third-order valence-corrected chi connectivity index (χ3v) is 5.50. The van der Waals surface area contributed by atoms with Crippen LogP contribution in [0, 0.1) is 0 Å². The van der Waals surface area contributed by atoms with Crippen LogP contribution in [0.1, 0.15) is 69.4 Å². The van der Waals surface area contributed by atoms with E-state index in [0.29, 0.717) is 18.8 Å². The van der Waals surface area contributed by atoms with Crippen molar-refractivity contribution in [3.8, 4) is 5.75 Å². The van der Waals surface area contributed by atoms with Crippen molar-refractivity contribution < 1.29 is 18.3 Å². The van der Waals surface area contributed by atoms with E-state index >= 15 is 0 Å². The maximum atomic E-state index is 13.1. The Bertz CT molecular complexity index is 940. The molecule has 0 saturated heterocycles. The minimum atomic E-state index is -4.51. The Morgan fingerprint density at radius 2 is 1.26 bits per heavy atom. The topological polar surface area (TPSA) is 57.0 Å². The van der Waals surface area contributed by atoms with Crippen molar-refractivity contribution in [2.24, 2.45) is 10.2 Å². The van der Waals surface area contributed by atoms with Crippen LogP contribution in [0.4, 0.5) is 13.2 Å². The smallest absolute Gasteiger partial charge is 0.442 e. The summed E-state index contributed by atoms with van der Waals surface area (Å²) in [7, 11) is 0. The molecule has 168 valence electrons. The van der Waals surface area contributed by atoms with Crippen molar-refractivity contribution in [1.82, 2.24) is 5.32 Å². The van der Waals surface area contributed by atoms with Crippen LogP contribution < -0.4 is 5.32 Å². The van der Waals surface area contributed by atoms with Gasteiger partial charge in [-0.3, -0.25) is 0 Å². The van der Waals surface area contributed by atoms with Gasteiger partial charge in [-0.25, -0.2) is 0 Å². The predicted molar refractivity (Wildman–Crippen MR) is 115 cm³/mol. The van der Waals surface area contributed by atoms with Gasteiger partial charge in [0.05, 0.1) is 0 Å². The lowest BCUT2D eigenvalue weighted by molar-refractivity contribution is -0.166. The van der Waals surface area contributed by atoms with E-state index in [1.165, 1.54) is 12.1 Å². The summed E-state index contributed by atoms with van der Waals surface area (Å²) in [4.78, 5) is 0. The monoisotopic (exact) mass is 433 g/mol. The number of nitrogens with one attached hydrogen (secondary N) is 1. The standard InChI is InChI=1S/C24H30F3N3O/c1-21(2,3)18-11-16(12-19(20(18)31)22(4,5)6)14-28-13-15-7-9-17(10-8-15)23(29-30-23)24(25,26)27/h7-12,28,31H,13-14H2,1-6H3. The zero-order valence-electron chi connectivity index (χ0n) is 18.9. The van der Waals surface area contributed by atoms with Gasteiger partial charge in [0.25, 0.3) is 0 Å². The van der Waals surface area contributed by atoms with E-state index in [2.05, 4.69) is 57.1 Å². The van der Waals surface area contributed by atoms with Crippen LogP contribution in [0.3, 0.4) is 0 Å². The molecule has 0 aromatic heterocycles. The van der Waals surface area contributed by atoms with Gasteiger partial charge in [-0.1, -0.05) is 77.9 Å². The second-order valence-corrected chi connectivity index (χ2v) is 10.2. The van der Waals surface area contributed by atoms with Gasteiger partial charge in [-0.05, 0) is 33.1 Å². The first-order valence-corrected chi connectivity index (χ1v) is 10.3. The average Bonchev–Trinajstić information content (AvgIpc) is 3.43. The van der Waals surface area contributed by atoms with Crippen molar-refractivity contribution in [3.05, 3.63) is 64.2 Å². The number of aromatic hydroxyl groups is 1. The molecule has 1 aliphatic heterocycles. The van der Waals surface area contributed by atoms with Crippen LogP contribution in [0.15, 0.2) is 46.6 Å². The highest BCUT2D eigenvalue weighted by Crippen LogP contribution is 2.52. The molecule has 2 N–H and O–H groups in total. The molecule has 0 aliphatic carbocycles. The second-order valence-electron chi connectivity index (χ2n) is 10.2. The van der Waals surface area contributed by atoms with Crippen LogP contribution in [-0.2, 0) is 29.6 Å². The number of hydrogen-bond acceptors (Lipinski definition) is 4. The molecule has 0 spiro atoms. The van der Waals surface area contributed by atoms with Gasteiger partial charge in [0.1, 0.15) is 5.75 Å². The third kappa shape index (κ3) is 4.76. The van der Waals surface area contributed by atoms with E-state index in [1.807, 2.05) is 12.1 Å². The Hall–Kier alpha value is -2.41. The number of phenols is 1. The van der Waals surface area contributed by atoms with E-state index < -0.39 is 11.8 Å². The number of halogens is 3. The molecule has 1 aliphatic rings. The van der Waals surface area contributed by atoms with Gasteiger partial charge in [0, 0.05) is 18.7 Å². The number of nitrogens with zero attached hydrogens (tertiary/aromatic N) is 2. The van der Waals surface area contributed by atoms with Gasteiger partial charge in [0.2, 0.25) is 0 Å². The molecule has 31 heavy (non-hydrogen) atoms. The molecule has 2 aromatic carbocycles. The molecular weight excluding hydrogens is 403 g/mol. The lowest BCUT2D eigenvalue weighted by atomic mass is 9.78. The Balaban J connectivity index is 1.72. The number of phenolic OH excluding ortho intramolecular Hbond substituents is 1. The minimum absolute atomic E-state index is 0.0342. The molecule has 0 atom stereocenters. The highest BCUT2D eigenvalue weighted by Gasteiger charge is 2.65. The van der Waals surface area contributed by atoms with Crippen LogP contribution in [0.25, 0.3) is 0 Å². The van der Waals surface area contributed by atoms with Crippen LogP contribution in [0.2, 0.25) is 0 Å². The van der Waals surface area contributed by atoms with Gasteiger partial charge in [0.15, 0.2) is 0 Å². The fourth-order valence-electron chi connectivity index (χ4n) is 3.59. The van der Waals surface area contributed by atoms with Crippen LogP contribution >= 0.6 is 0 Å². The van der Waals surface area contributed by atoms with Gasteiger partial charge >= 0.3 is 11.8 Å². The summed E-state index contributed by atoms with van der Waals surface area (Å²) in [5, 5.41) is 20.6. The summed E-state index contributed by atoms with van der Waals surface area (Å²) < 4.78 is 39.3. The summed E-state index contributed by atoms with van der Waals surface area (Å²) >= 11 is 0. The number of alkyl halides is 3. The molecule has 7 heteroatoms. The molecule has 2 aromatic rings. The lowest BCUT2D eigenvalue weighted by Gasteiger charge is -2.28. The summed E-state index contributed by atoms with van der Waals surface area (Å²) in [6, 6.07) is 10.2. The van der Waals surface area contributed by atoms with Gasteiger partial charge < -0.3 is 10.4 Å². The quantitative estimate of drug-likeness (QED) is 0.569. The maximum Gasteiger partial charge on any atom is 0.442 e. The second kappa shape index (κ2) is 7.62. The Kier molecular flexibility index (Phi) is 5.72. The predicted octanol–water partition coefficient (Wildman–Crippen LogP) is 6.46. The first-order chi connectivity index (χ1) is 14.1. The maximum absolute atomic E-state index is 13.1. The van der Waals surface area contributed by atoms with E-state index in [4.69, 9.17) is 0 Å². The molecule has 0 unspecified atom stereocenters. The zero-order chi connectivity index (χ0) is 23.2. The fourth-order valence-corrected chi connectivity index (χ4v) is 3.59. The molecule has 0 bridgehead atoms. The molecule has 0 amide bonds. The molecule has 0 fully saturated rings. The van der Waals surface area contributed by atoms with Crippen LogP contribution in [0.5, 0.6) is 5.75 Å². The summed E-state index contributed by atoms with van der Waals surface area (Å²) in [5.74, 6) is 0.342. The van der Waals surface area contributed by atoms with E-state index in [0.717, 1.165) is 22.3 Å². The largest absolute Gasteiger partial charge is 0.507 e. The van der Waals surface area contributed by atoms with Gasteiger partial charge in [-0.15, -0.1) is 10.2 Å². The van der Waals surface area contributed by atoms with E-state index in [9.17, 15) is 18.3 Å². The number of rotatable bonds is 5. The van der Waals surface area contributed by atoms with E-state index in [-0.39, 0.29) is 16.4 Å². The van der Waals surface area contributed by atoms with E-state index in [1.54, 1.807) is 12.1 Å². The molecule has 1 heterocycles. The van der Waals surface area contributed by atoms with Crippen molar-refractivity contribution in [2.45, 2.75) is 77.3 Å². The molecule has 4 nitrogen and oxygen atoms in total. The first kappa shape index (κ1) is 23.3. The normalized spacial score (nSPS) is 15.9. The SMILES string of the molecule is CC(C)(C)c1cc(CNCc2ccc(C3(C(F)(F)F)N=N3)cc2)cc(C(C)(C)C)c1O. The molecule has 0 radical (unpaired) electrons.